The van der Waals surface area contributed by atoms with Gasteiger partial charge in [-0.3, -0.25) is 4.98 Å². The number of sulfone groups is 1. The second-order valence-corrected chi connectivity index (χ2v) is 11.5. The predicted molar refractivity (Wildman–Crippen MR) is 122 cm³/mol. The maximum absolute atomic E-state index is 13.7. The molecular formula is C23H25FN2O4S2. The summed E-state index contributed by atoms with van der Waals surface area (Å²) < 4.78 is 67.8. The van der Waals surface area contributed by atoms with Crippen LogP contribution in [0.3, 0.4) is 0 Å². The largest absolute Gasteiger partial charge is 0.264 e. The number of aromatic nitrogens is 1. The van der Waals surface area contributed by atoms with Crippen LogP contribution in [0.15, 0.2) is 78.0 Å². The van der Waals surface area contributed by atoms with Crippen LogP contribution in [-0.2, 0) is 26.3 Å². The van der Waals surface area contributed by atoms with Crippen molar-refractivity contribution in [3.63, 3.8) is 0 Å². The highest BCUT2D eigenvalue weighted by molar-refractivity contribution is 7.92. The Hall–Kier alpha value is -2.62. The second kappa shape index (κ2) is 10.3. The van der Waals surface area contributed by atoms with E-state index in [9.17, 15) is 21.2 Å². The van der Waals surface area contributed by atoms with Crippen molar-refractivity contribution in [3.05, 3.63) is 95.6 Å². The molecule has 3 rings (SSSR count). The number of aryl methyl sites for hydroxylation is 2. The van der Waals surface area contributed by atoms with E-state index in [0.29, 0.717) is 18.4 Å². The van der Waals surface area contributed by atoms with E-state index in [1.165, 1.54) is 31.5 Å². The second-order valence-electron chi connectivity index (χ2n) is 7.49. The van der Waals surface area contributed by atoms with Gasteiger partial charge in [-0.05, 0) is 60.7 Å². The van der Waals surface area contributed by atoms with Gasteiger partial charge < -0.3 is 0 Å². The van der Waals surface area contributed by atoms with Gasteiger partial charge in [0.05, 0.1) is 10.6 Å². The number of nitrogens with zero attached hydrogens (tertiary/aromatic N) is 1. The first-order valence-corrected chi connectivity index (χ1v) is 13.3. The highest BCUT2D eigenvalue weighted by Gasteiger charge is 2.31. The van der Waals surface area contributed by atoms with Gasteiger partial charge in [0.25, 0.3) is 0 Å². The monoisotopic (exact) mass is 476 g/mol. The van der Waals surface area contributed by atoms with E-state index in [2.05, 4.69) is 9.71 Å². The summed E-state index contributed by atoms with van der Waals surface area (Å²) in [5.74, 6) is -0.641. The Morgan fingerprint density at radius 1 is 1.00 bits per heavy atom. The lowest BCUT2D eigenvalue weighted by Crippen LogP contribution is -2.33. The lowest BCUT2D eigenvalue weighted by atomic mass is 10.1. The standard InChI is InChI=1S/C23H25FN2O4S2/c1-18-15-21(11-12-22(18)24)32(29,30)23(20-10-5-13-25-16-20)17-26-31(27,28)14-6-9-19-7-3-2-4-8-19/h2-5,7-8,10-13,15-16,23,26H,6,9,14,17H2,1H3. The summed E-state index contributed by atoms with van der Waals surface area (Å²) >= 11 is 0. The van der Waals surface area contributed by atoms with Crippen LogP contribution in [0, 0.1) is 12.7 Å². The molecule has 0 amide bonds. The molecule has 0 bridgehead atoms. The average molecular weight is 477 g/mol. The Labute approximate surface area is 188 Å². The number of benzene rings is 2. The number of hydrogen-bond donors (Lipinski definition) is 1. The zero-order chi connectivity index (χ0) is 23.2. The Morgan fingerprint density at radius 2 is 1.75 bits per heavy atom. The number of rotatable bonds is 10. The fraction of sp³-hybridized carbons (Fsp3) is 0.261. The SMILES string of the molecule is Cc1cc(S(=O)(=O)C(CNS(=O)(=O)CCCc2ccccc2)c2cccnc2)ccc1F. The van der Waals surface area contributed by atoms with E-state index in [-0.39, 0.29) is 22.8 Å². The van der Waals surface area contributed by atoms with Gasteiger partial charge in [0.15, 0.2) is 9.84 Å². The van der Waals surface area contributed by atoms with Crippen molar-refractivity contribution in [2.45, 2.75) is 29.9 Å². The number of hydrogen-bond acceptors (Lipinski definition) is 5. The number of pyridine rings is 1. The van der Waals surface area contributed by atoms with Crippen molar-refractivity contribution in [2.75, 3.05) is 12.3 Å². The summed E-state index contributed by atoms with van der Waals surface area (Å²) in [5, 5.41) is -1.20. The first kappa shape index (κ1) is 24.0. The fourth-order valence-electron chi connectivity index (χ4n) is 3.32. The maximum atomic E-state index is 13.7. The van der Waals surface area contributed by atoms with Crippen molar-refractivity contribution in [1.82, 2.24) is 9.71 Å². The van der Waals surface area contributed by atoms with Crippen molar-refractivity contribution >= 4 is 19.9 Å². The van der Waals surface area contributed by atoms with Gasteiger partial charge in [-0.25, -0.2) is 25.9 Å². The van der Waals surface area contributed by atoms with Crippen molar-refractivity contribution in [1.29, 1.82) is 0 Å². The lowest BCUT2D eigenvalue weighted by molar-refractivity contribution is 0.566. The molecule has 0 aliphatic heterocycles. The molecule has 6 nitrogen and oxygen atoms in total. The van der Waals surface area contributed by atoms with Gasteiger partial charge in [0.1, 0.15) is 11.1 Å². The minimum absolute atomic E-state index is 0.0754. The van der Waals surface area contributed by atoms with Gasteiger partial charge in [-0.2, -0.15) is 0 Å². The molecule has 0 aliphatic carbocycles. The Morgan fingerprint density at radius 3 is 2.41 bits per heavy atom. The lowest BCUT2D eigenvalue weighted by Gasteiger charge is -2.19. The summed E-state index contributed by atoms with van der Waals surface area (Å²) in [7, 11) is -7.72. The molecule has 0 radical (unpaired) electrons. The number of halogens is 1. The van der Waals surface area contributed by atoms with E-state index < -0.39 is 30.9 Å². The molecule has 32 heavy (non-hydrogen) atoms. The van der Waals surface area contributed by atoms with Crippen molar-refractivity contribution in [2.24, 2.45) is 0 Å². The number of nitrogens with one attached hydrogen (secondary N) is 1. The van der Waals surface area contributed by atoms with Crippen LogP contribution in [0.2, 0.25) is 0 Å². The van der Waals surface area contributed by atoms with Gasteiger partial charge in [-0.15, -0.1) is 0 Å². The summed E-state index contributed by atoms with van der Waals surface area (Å²) in [6.45, 7) is 1.13. The van der Waals surface area contributed by atoms with Crippen LogP contribution < -0.4 is 4.72 Å². The Kier molecular flexibility index (Phi) is 7.76. The van der Waals surface area contributed by atoms with E-state index in [0.717, 1.165) is 11.6 Å². The summed E-state index contributed by atoms with van der Waals surface area (Å²) in [6.07, 6.45) is 3.90. The van der Waals surface area contributed by atoms with E-state index in [1.807, 2.05) is 30.3 Å². The Balaban J connectivity index is 1.77. The predicted octanol–water partition coefficient (Wildman–Crippen LogP) is 3.60. The molecule has 1 aromatic heterocycles. The minimum atomic E-state index is -4.01. The smallest absolute Gasteiger partial charge is 0.211 e. The highest BCUT2D eigenvalue weighted by atomic mass is 32.2. The first-order valence-electron chi connectivity index (χ1n) is 10.1. The van der Waals surface area contributed by atoms with Crippen LogP contribution in [0.4, 0.5) is 4.39 Å². The minimum Gasteiger partial charge on any atom is -0.264 e. The molecule has 3 aromatic rings. The fourth-order valence-corrected chi connectivity index (χ4v) is 6.24. The third-order valence-corrected chi connectivity index (χ3v) is 8.63. The zero-order valence-electron chi connectivity index (χ0n) is 17.6. The van der Waals surface area contributed by atoms with Crippen LogP contribution in [0.1, 0.15) is 28.4 Å². The van der Waals surface area contributed by atoms with Gasteiger partial charge in [-0.1, -0.05) is 36.4 Å². The van der Waals surface area contributed by atoms with Crippen LogP contribution >= 0.6 is 0 Å². The molecule has 0 fully saturated rings. The number of sulfonamides is 1. The first-order chi connectivity index (χ1) is 15.2. The molecular weight excluding hydrogens is 451 g/mol. The topological polar surface area (TPSA) is 93.2 Å². The van der Waals surface area contributed by atoms with E-state index in [4.69, 9.17) is 0 Å². The third-order valence-electron chi connectivity index (χ3n) is 5.10. The molecule has 1 heterocycles. The van der Waals surface area contributed by atoms with Gasteiger partial charge in [0.2, 0.25) is 10.0 Å². The van der Waals surface area contributed by atoms with Gasteiger partial charge in [0, 0.05) is 18.9 Å². The normalized spacial score (nSPS) is 13.1. The molecule has 0 spiro atoms. The highest BCUT2D eigenvalue weighted by Crippen LogP contribution is 2.29. The molecule has 1 unspecified atom stereocenters. The average Bonchev–Trinajstić information content (AvgIpc) is 2.77. The maximum Gasteiger partial charge on any atom is 0.211 e. The van der Waals surface area contributed by atoms with Crippen molar-refractivity contribution < 1.29 is 21.2 Å². The van der Waals surface area contributed by atoms with E-state index >= 15 is 0 Å². The molecule has 0 aliphatic rings. The summed E-state index contributed by atoms with van der Waals surface area (Å²) in [4.78, 5) is 3.89. The Bertz CT molecular complexity index is 1250. The quantitative estimate of drug-likeness (QED) is 0.452. The zero-order valence-corrected chi connectivity index (χ0v) is 19.2. The van der Waals surface area contributed by atoms with Crippen LogP contribution in [0.25, 0.3) is 0 Å². The van der Waals surface area contributed by atoms with Crippen LogP contribution in [0.5, 0.6) is 0 Å². The summed E-state index contributed by atoms with van der Waals surface area (Å²) in [6, 6.07) is 16.2. The molecule has 1 N–H and O–H groups in total. The van der Waals surface area contributed by atoms with E-state index in [1.54, 1.807) is 12.1 Å². The van der Waals surface area contributed by atoms with Crippen LogP contribution in [-0.4, -0.2) is 34.1 Å². The molecule has 170 valence electrons. The van der Waals surface area contributed by atoms with Crippen molar-refractivity contribution in [3.8, 4) is 0 Å². The third kappa shape index (κ3) is 6.21. The molecule has 2 aromatic carbocycles. The van der Waals surface area contributed by atoms with Gasteiger partial charge >= 0.3 is 0 Å². The molecule has 1 atom stereocenters. The summed E-state index contributed by atoms with van der Waals surface area (Å²) in [5.41, 5.74) is 1.57. The molecule has 0 saturated carbocycles. The molecule has 9 heteroatoms. The molecule has 0 saturated heterocycles.